The van der Waals surface area contributed by atoms with Gasteiger partial charge in [-0.05, 0) is 35.7 Å². The van der Waals surface area contributed by atoms with E-state index in [9.17, 15) is 14.4 Å². The predicted octanol–water partition coefficient (Wildman–Crippen LogP) is 2.43. The Balaban J connectivity index is 1.85. The number of anilines is 1. The molecular weight excluding hydrogens is 344 g/mol. The second-order valence-corrected chi connectivity index (χ2v) is 6.68. The van der Waals surface area contributed by atoms with Crippen molar-refractivity contribution < 1.29 is 14.4 Å². The topological polar surface area (TPSA) is 99.7 Å². The van der Waals surface area contributed by atoms with E-state index in [0.717, 1.165) is 10.8 Å². The zero-order chi connectivity index (χ0) is 19.8. The first-order chi connectivity index (χ1) is 12.8. The average Bonchev–Trinajstić information content (AvgIpc) is 2.63. The SMILES string of the molecule is C/C(CC(=O)Nc1ccc2ccccc2c1)=N\NC(=O)C(=O)NCC(C)C. The highest BCUT2D eigenvalue weighted by molar-refractivity contribution is 6.35. The van der Waals surface area contributed by atoms with Crippen LogP contribution < -0.4 is 16.1 Å². The lowest BCUT2D eigenvalue weighted by molar-refractivity contribution is -0.139. The molecule has 0 bridgehead atoms. The standard InChI is InChI=1S/C20H24N4O3/c1-13(2)12-21-19(26)20(27)24-23-14(3)10-18(25)22-17-9-8-15-6-4-5-7-16(15)11-17/h4-9,11,13H,10,12H2,1-3H3,(H,21,26)(H,22,25)(H,24,27)/b23-14+. The number of nitrogens with one attached hydrogen (secondary N) is 3. The van der Waals surface area contributed by atoms with Crippen molar-refractivity contribution >= 4 is 39.9 Å². The van der Waals surface area contributed by atoms with Crippen LogP contribution >= 0.6 is 0 Å². The Bertz CT molecular complexity index is 874. The molecule has 0 aromatic heterocycles. The lowest BCUT2D eigenvalue weighted by atomic mass is 10.1. The van der Waals surface area contributed by atoms with Crippen molar-refractivity contribution in [2.75, 3.05) is 11.9 Å². The van der Waals surface area contributed by atoms with Crippen LogP contribution in [0, 0.1) is 5.92 Å². The van der Waals surface area contributed by atoms with Crippen molar-refractivity contribution in [3.8, 4) is 0 Å². The van der Waals surface area contributed by atoms with Gasteiger partial charge in [0.15, 0.2) is 0 Å². The Hall–Kier alpha value is -3.22. The molecule has 0 atom stereocenters. The van der Waals surface area contributed by atoms with Crippen LogP contribution in [0.3, 0.4) is 0 Å². The highest BCUT2D eigenvalue weighted by atomic mass is 16.2. The number of fused-ring (bicyclic) bond motifs is 1. The molecule has 2 rings (SSSR count). The van der Waals surface area contributed by atoms with Crippen molar-refractivity contribution in [1.82, 2.24) is 10.7 Å². The first kappa shape index (κ1) is 20.1. The van der Waals surface area contributed by atoms with E-state index in [1.165, 1.54) is 0 Å². The Morgan fingerprint density at radius 2 is 1.70 bits per heavy atom. The summed E-state index contributed by atoms with van der Waals surface area (Å²) in [5.74, 6) is -1.62. The monoisotopic (exact) mass is 368 g/mol. The average molecular weight is 368 g/mol. The summed E-state index contributed by atoms with van der Waals surface area (Å²) < 4.78 is 0. The van der Waals surface area contributed by atoms with Gasteiger partial charge in [0.1, 0.15) is 0 Å². The van der Waals surface area contributed by atoms with Gasteiger partial charge in [-0.15, -0.1) is 0 Å². The lowest BCUT2D eigenvalue weighted by Gasteiger charge is -2.08. The largest absolute Gasteiger partial charge is 0.348 e. The molecule has 7 nitrogen and oxygen atoms in total. The van der Waals surface area contributed by atoms with Crippen LogP contribution in [0.5, 0.6) is 0 Å². The van der Waals surface area contributed by atoms with E-state index < -0.39 is 11.8 Å². The third kappa shape index (κ3) is 6.54. The van der Waals surface area contributed by atoms with E-state index in [1.54, 1.807) is 6.92 Å². The molecule has 0 fully saturated rings. The maximum absolute atomic E-state index is 12.1. The molecule has 7 heteroatoms. The van der Waals surface area contributed by atoms with Crippen molar-refractivity contribution in [1.29, 1.82) is 0 Å². The molecule has 3 amide bonds. The van der Waals surface area contributed by atoms with Gasteiger partial charge in [-0.2, -0.15) is 5.10 Å². The number of carbonyl (C=O) groups is 3. The van der Waals surface area contributed by atoms with Gasteiger partial charge in [0.2, 0.25) is 5.91 Å². The van der Waals surface area contributed by atoms with Gasteiger partial charge >= 0.3 is 11.8 Å². The van der Waals surface area contributed by atoms with E-state index in [1.807, 2.05) is 56.3 Å². The Kier molecular flexibility index (Phi) is 7.05. The minimum Gasteiger partial charge on any atom is -0.348 e. The minimum atomic E-state index is -0.857. The highest BCUT2D eigenvalue weighted by Crippen LogP contribution is 2.18. The fraction of sp³-hybridized carbons (Fsp3) is 0.300. The molecular formula is C20H24N4O3. The van der Waals surface area contributed by atoms with Crippen molar-refractivity contribution in [3.63, 3.8) is 0 Å². The van der Waals surface area contributed by atoms with Gasteiger partial charge < -0.3 is 10.6 Å². The Morgan fingerprint density at radius 1 is 1.00 bits per heavy atom. The highest BCUT2D eigenvalue weighted by Gasteiger charge is 2.13. The van der Waals surface area contributed by atoms with Gasteiger partial charge in [-0.3, -0.25) is 14.4 Å². The molecule has 0 spiro atoms. The van der Waals surface area contributed by atoms with Crippen molar-refractivity contribution in [2.24, 2.45) is 11.0 Å². The van der Waals surface area contributed by atoms with Gasteiger partial charge in [0.25, 0.3) is 0 Å². The van der Waals surface area contributed by atoms with Crippen LogP contribution in [0.25, 0.3) is 10.8 Å². The molecule has 0 saturated heterocycles. The summed E-state index contributed by atoms with van der Waals surface area (Å²) in [5.41, 5.74) is 3.23. The van der Waals surface area contributed by atoms with Crippen molar-refractivity contribution in [3.05, 3.63) is 42.5 Å². The molecule has 3 N–H and O–H groups in total. The normalized spacial score (nSPS) is 11.3. The molecule has 0 aliphatic rings. The van der Waals surface area contributed by atoms with E-state index in [2.05, 4.69) is 21.2 Å². The van der Waals surface area contributed by atoms with Gasteiger partial charge in [0.05, 0.1) is 6.42 Å². The number of hydrazone groups is 1. The molecule has 0 aliphatic carbocycles. The Labute approximate surface area is 158 Å². The number of nitrogens with zero attached hydrogens (tertiary/aromatic N) is 1. The summed E-state index contributed by atoms with van der Waals surface area (Å²) >= 11 is 0. The molecule has 0 saturated carbocycles. The van der Waals surface area contributed by atoms with Gasteiger partial charge in [-0.25, -0.2) is 5.43 Å². The smallest absolute Gasteiger partial charge is 0.329 e. The fourth-order valence-electron chi connectivity index (χ4n) is 2.32. The number of hydrogen-bond acceptors (Lipinski definition) is 4. The molecule has 27 heavy (non-hydrogen) atoms. The fourth-order valence-corrected chi connectivity index (χ4v) is 2.32. The molecule has 0 radical (unpaired) electrons. The van der Waals surface area contributed by atoms with Crippen LogP contribution in [-0.4, -0.2) is 30.0 Å². The van der Waals surface area contributed by atoms with Crippen LogP contribution in [0.4, 0.5) is 5.69 Å². The zero-order valence-corrected chi connectivity index (χ0v) is 15.7. The summed E-state index contributed by atoms with van der Waals surface area (Å²) in [6.45, 7) is 5.86. The summed E-state index contributed by atoms with van der Waals surface area (Å²) in [6, 6.07) is 13.5. The summed E-state index contributed by atoms with van der Waals surface area (Å²) in [4.78, 5) is 35.3. The molecule has 142 valence electrons. The summed E-state index contributed by atoms with van der Waals surface area (Å²) in [6.07, 6.45) is 0.000714. The molecule has 0 unspecified atom stereocenters. The number of benzene rings is 2. The maximum Gasteiger partial charge on any atom is 0.329 e. The maximum atomic E-state index is 12.1. The summed E-state index contributed by atoms with van der Waals surface area (Å²) in [5, 5.41) is 11.2. The number of carbonyl (C=O) groups excluding carboxylic acids is 3. The number of amides is 3. The molecule has 0 aliphatic heterocycles. The number of rotatable bonds is 6. The predicted molar refractivity (Wildman–Crippen MR) is 106 cm³/mol. The second kappa shape index (κ2) is 9.47. The Morgan fingerprint density at radius 3 is 2.41 bits per heavy atom. The van der Waals surface area contributed by atoms with E-state index >= 15 is 0 Å². The first-order valence-corrected chi connectivity index (χ1v) is 8.75. The molecule has 2 aromatic rings. The van der Waals surface area contributed by atoms with Crippen LogP contribution in [0.1, 0.15) is 27.2 Å². The zero-order valence-electron chi connectivity index (χ0n) is 15.7. The molecule has 2 aromatic carbocycles. The van der Waals surface area contributed by atoms with Crippen LogP contribution in [-0.2, 0) is 14.4 Å². The summed E-state index contributed by atoms with van der Waals surface area (Å²) in [7, 11) is 0. The van der Waals surface area contributed by atoms with Crippen LogP contribution in [0.15, 0.2) is 47.6 Å². The van der Waals surface area contributed by atoms with E-state index in [4.69, 9.17) is 0 Å². The third-order valence-electron chi connectivity index (χ3n) is 3.68. The minimum absolute atomic E-state index is 0.000714. The third-order valence-corrected chi connectivity index (χ3v) is 3.68. The van der Waals surface area contributed by atoms with Crippen molar-refractivity contribution in [2.45, 2.75) is 27.2 Å². The van der Waals surface area contributed by atoms with E-state index in [0.29, 0.717) is 17.9 Å². The van der Waals surface area contributed by atoms with Gasteiger partial charge in [0, 0.05) is 17.9 Å². The molecule has 0 heterocycles. The van der Waals surface area contributed by atoms with Crippen LogP contribution in [0.2, 0.25) is 0 Å². The lowest BCUT2D eigenvalue weighted by Crippen LogP contribution is -2.39. The number of hydrogen-bond donors (Lipinski definition) is 3. The van der Waals surface area contributed by atoms with Gasteiger partial charge in [-0.1, -0.05) is 44.2 Å². The van der Waals surface area contributed by atoms with E-state index in [-0.39, 0.29) is 18.2 Å². The quantitative estimate of drug-likeness (QED) is 0.415. The first-order valence-electron chi connectivity index (χ1n) is 8.75. The second-order valence-electron chi connectivity index (χ2n) is 6.68.